The fraction of sp³-hybridized carbons (Fsp3) is 0.903. The van der Waals surface area contributed by atoms with Gasteiger partial charge in [0.15, 0.2) is 0 Å². The van der Waals surface area contributed by atoms with E-state index in [0.717, 1.165) is 82.2 Å². The zero-order valence-electron chi connectivity index (χ0n) is 26.6. The van der Waals surface area contributed by atoms with E-state index in [9.17, 15) is 0 Å². The molecule has 0 aliphatic carbocycles. The van der Waals surface area contributed by atoms with E-state index in [1.54, 1.807) is 0 Å². The molecule has 0 saturated carbocycles. The van der Waals surface area contributed by atoms with Crippen molar-refractivity contribution in [1.82, 2.24) is 25.6 Å². The summed E-state index contributed by atoms with van der Waals surface area (Å²) in [6.07, 6.45) is 9.00. The zero-order valence-corrected chi connectivity index (χ0v) is 26.6. The van der Waals surface area contributed by atoms with Gasteiger partial charge in [0.05, 0.1) is 0 Å². The first-order chi connectivity index (χ1) is 17.6. The molecule has 0 radical (unpaired) electrons. The molecule has 2 aliphatic rings. The van der Waals surface area contributed by atoms with Crippen LogP contribution in [0.25, 0.3) is 0 Å². The highest BCUT2D eigenvalue weighted by Gasteiger charge is 2.41. The number of hydrogen-bond donors (Lipinski definition) is 2. The Morgan fingerprint density at radius 1 is 0.763 bits per heavy atom. The highest BCUT2D eigenvalue weighted by Crippen LogP contribution is 2.35. The molecule has 1 aromatic rings. The minimum Gasteiger partial charge on any atom is -0.338 e. The Morgan fingerprint density at radius 3 is 1.71 bits per heavy atom. The van der Waals surface area contributed by atoms with Crippen LogP contribution in [-0.4, -0.2) is 62.8 Å². The molecule has 0 bridgehead atoms. The first-order valence-electron chi connectivity index (χ1n) is 15.5. The molecule has 2 fully saturated rings. The van der Waals surface area contributed by atoms with Crippen molar-refractivity contribution in [2.24, 2.45) is 5.92 Å². The number of anilines is 2. The van der Waals surface area contributed by atoms with E-state index in [4.69, 9.17) is 15.0 Å². The lowest BCUT2D eigenvalue weighted by atomic mass is 9.79. The van der Waals surface area contributed by atoms with Crippen molar-refractivity contribution in [2.75, 3.05) is 22.9 Å². The Bertz CT molecular complexity index is 878. The van der Waals surface area contributed by atoms with E-state index >= 15 is 0 Å². The molecule has 0 aromatic carbocycles. The molecule has 3 heterocycles. The standard InChI is InChI=1S/C31H59N7/c1-12-14-16-37(24-18-26(22(3)4)35-29(6,7)19-24)27-32-23(5)33-28(34-27)38(17-15-13-2)25-20-30(8,9)36-31(10,11)21-25/h22,24-26,35-36H,12-21H2,1-11H3. The van der Waals surface area contributed by atoms with Crippen molar-refractivity contribution < 1.29 is 0 Å². The highest BCUT2D eigenvalue weighted by molar-refractivity contribution is 5.42. The Balaban J connectivity index is 2.01. The fourth-order valence-corrected chi connectivity index (χ4v) is 7.01. The number of unbranched alkanes of at least 4 members (excludes halogenated alkanes) is 2. The predicted molar refractivity (Wildman–Crippen MR) is 162 cm³/mol. The molecule has 2 N–H and O–H groups in total. The molecule has 0 spiro atoms. The first kappa shape index (κ1) is 31.1. The fourth-order valence-electron chi connectivity index (χ4n) is 7.01. The number of aryl methyl sites for hydroxylation is 1. The maximum Gasteiger partial charge on any atom is 0.230 e. The lowest BCUT2D eigenvalue weighted by Crippen LogP contribution is -2.62. The molecule has 7 nitrogen and oxygen atoms in total. The SMILES string of the molecule is CCCCN(c1nc(C)nc(N(CCCC)C2CC(C)(C)NC(C)(C)C2)n1)C1CC(C(C)C)NC(C)(C)C1. The topological polar surface area (TPSA) is 69.2 Å². The second kappa shape index (κ2) is 12.4. The van der Waals surface area contributed by atoms with E-state index in [2.05, 4.69) is 89.7 Å². The maximum atomic E-state index is 5.29. The van der Waals surface area contributed by atoms with Crippen LogP contribution in [0.1, 0.15) is 126 Å². The van der Waals surface area contributed by atoms with Crippen LogP contribution in [0.2, 0.25) is 0 Å². The lowest BCUT2D eigenvalue weighted by Gasteiger charge is -2.50. The van der Waals surface area contributed by atoms with Gasteiger partial charge in [-0.1, -0.05) is 40.5 Å². The summed E-state index contributed by atoms with van der Waals surface area (Å²) >= 11 is 0. The second-order valence-corrected chi connectivity index (χ2v) is 14.5. The van der Waals surface area contributed by atoms with Gasteiger partial charge in [-0.15, -0.1) is 0 Å². The summed E-state index contributed by atoms with van der Waals surface area (Å²) in [5, 5.41) is 7.77. The Hall–Kier alpha value is -1.47. The molecule has 7 heteroatoms. The Kier molecular flexibility index (Phi) is 10.1. The van der Waals surface area contributed by atoms with E-state index in [1.807, 2.05) is 6.92 Å². The number of aromatic nitrogens is 3. The van der Waals surface area contributed by atoms with Crippen molar-refractivity contribution in [3.8, 4) is 0 Å². The van der Waals surface area contributed by atoms with Gasteiger partial charge in [-0.3, -0.25) is 0 Å². The van der Waals surface area contributed by atoms with Crippen LogP contribution in [0.5, 0.6) is 0 Å². The largest absolute Gasteiger partial charge is 0.338 e. The van der Waals surface area contributed by atoms with Gasteiger partial charge in [0, 0.05) is 47.8 Å². The number of nitrogens with one attached hydrogen (secondary N) is 2. The van der Waals surface area contributed by atoms with Crippen LogP contribution in [0, 0.1) is 12.8 Å². The van der Waals surface area contributed by atoms with Gasteiger partial charge >= 0.3 is 0 Å². The quantitative estimate of drug-likeness (QED) is 0.351. The molecule has 2 atom stereocenters. The van der Waals surface area contributed by atoms with Crippen LogP contribution >= 0.6 is 0 Å². The predicted octanol–water partition coefficient (Wildman–Crippen LogP) is 6.26. The van der Waals surface area contributed by atoms with Crippen LogP contribution in [0.4, 0.5) is 11.9 Å². The second-order valence-electron chi connectivity index (χ2n) is 14.5. The van der Waals surface area contributed by atoms with Gasteiger partial charge in [-0.2, -0.15) is 15.0 Å². The van der Waals surface area contributed by atoms with Gasteiger partial charge in [-0.25, -0.2) is 0 Å². The van der Waals surface area contributed by atoms with Crippen molar-refractivity contribution in [3.63, 3.8) is 0 Å². The number of hydrogen-bond acceptors (Lipinski definition) is 7. The van der Waals surface area contributed by atoms with Crippen molar-refractivity contribution >= 4 is 11.9 Å². The molecule has 2 saturated heterocycles. The summed E-state index contributed by atoms with van der Waals surface area (Å²) in [7, 11) is 0. The summed E-state index contributed by atoms with van der Waals surface area (Å²) in [5.41, 5.74) is 0.232. The molecular weight excluding hydrogens is 470 g/mol. The third kappa shape index (κ3) is 8.27. The first-order valence-corrected chi connectivity index (χ1v) is 15.5. The van der Waals surface area contributed by atoms with Gasteiger partial charge in [0.2, 0.25) is 11.9 Å². The van der Waals surface area contributed by atoms with Crippen molar-refractivity contribution in [1.29, 1.82) is 0 Å². The molecule has 38 heavy (non-hydrogen) atoms. The third-order valence-corrected chi connectivity index (χ3v) is 8.45. The van der Waals surface area contributed by atoms with Crippen LogP contribution in [-0.2, 0) is 0 Å². The average Bonchev–Trinajstić information content (AvgIpc) is 2.76. The smallest absolute Gasteiger partial charge is 0.230 e. The van der Waals surface area contributed by atoms with Gasteiger partial charge in [0.25, 0.3) is 0 Å². The van der Waals surface area contributed by atoms with Gasteiger partial charge < -0.3 is 20.4 Å². The van der Waals surface area contributed by atoms with Crippen LogP contribution < -0.4 is 20.4 Å². The summed E-state index contributed by atoms with van der Waals surface area (Å²) < 4.78 is 0. The van der Waals surface area contributed by atoms with E-state index in [-0.39, 0.29) is 16.6 Å². The molecule has 2 aliphatic heterocycles. The molecule has 2 unspecified atom stereocenters. The summed E-state index contributed by atoms with van der Waals surface area (Å²) in [6, 6.07) is 1.31. The minimum atomic E-state index is 0.0709. The maximum absolute atomic E-state index is 5.29. The Morgan fingerprint density at radius 2 is 1.24 bits per heavy atom. The zero-order chi connectivity index (χ0) is 28.3. The summed E-state index contributed by atoms with van der Waals surface area (Å²) in [5.74, 6) is 3.17. The van der Waals surface area contributed by atoms with Gasteiger partial charge in [0.1, 0.15) is 5.82 Å². The third-order valence-electron chi connectivity index (χ3n) is 8.45. The monoisotopic (exact) mass is 529 g/mol. The van der Waals surface area contributed by atoms with Gasteiger partial charge in [-0.05, 0) is 92.9 Å². The van der Waals surface area contributed by atoms with Crippen LogP contribution in [0.15, 0.2) is 0 Å². The molecule has 218 valence electrons. The number of piperidine rings is 2. The number of nitrogens with zero attached hydrogens (tertiary/aromatic N) is 5. The van der Waals surface area contributed by atoms with Crippen molar-refractivity contribution in [2.45, 2.75) is 162 Å². The molecule has 3 rings (SSSR count). The lowest BCUT2D eigenvalue weighted by molar-refractivity contribution is 0.157. The van der Waals surface area contributed by atoms with E-state index in [0.29, 0.717) is 24.0 Å². The Labute approximate surface area is 234 Å². The van der Waals surface area contributed by atoms with E-state index in [1.165, 1.54) is 0 Å². The highest BCUT2D eigenvalue weighted by atomic mass is 15.4. The minimum absolute atomic E-state index is 0.0709. The summed E-state index contributed by atoms with van der Waals surface area (Å²) in [6.45, 7) is 27.3. The normalized spacial score (nSPS) is 24.9. The molecule has 1 aromatic heterocycles. The van der Waals surface area contributed by atoms with E-state index < -0.39 is 0 Å². The molecule has 0 amide bonds. The number of rotatable bonds is 11. The summed E-state index contributed by atoms with van der Waals surface area (Å²) in [4.78, 5) is 20.3. The van der Waals surface area contributed by atoms with Crippen molar-refractivity contribution in [3.05, 3.63) is 5.82 Å². The van der Waals surface area contributed by atoms with Crippen LogP contribution in [0.3, 0.4) is 0 Å². The average molecular weight is 530 g/mol. The molecular formula is C31H59N7.